The van der Waals surface area contributed by atoms with E-state index in [1.165, 1.54) is 18.2 Å². The van der Waals surface area contributed by atoms with Gasteiger partial charge in [0.2, 0.25) is 11.8 Å². The number of halogens is 1. The first kappa shape index (κ1) is 29.4. The maximum absolute atomic E-state index is 13.1. The number of carbonyl (C=O) groups excluding carboxylic acids is 2. The molecule has 0 fully saturated rings. The molecule has 1 atom stereocenters. The molecule has 43 heavy (non-hydrogen) atoms. The average Bonchev–Trinajstić information content (AvgIpc) is 3.33. The van der Waals surface area contributed by atoms with E-state index in [0.29, 0.717) is 33.9 Å². The highest BCUT2D eigenvalue weighted by atomic mass is 35.5. The highest BCUT2D eigenvalue weighted by Crippen LogP contribution is 2.34. The molecule has 1 aliphatic rings. The van der Waals surface area contributed by atoms with Crippen LogP contribution in [0.3, 0.4) is 0 Å². The van der Waals surface area contributed by atoms with Crippen molar-refractivity contribution in [2.75, 3.05) is 26.8 Å². The minimum Gasteiger partial charge on any atom is -0.504 e. The molecule has 12 nitrogen and oxygen atoms in total. The summed E-state index contributed by atoms with van der Waals surface area (Å²) in [5.41, 5.74) is 3.00. The first-order valence-corrected chi connectivity index (χ1v) is 13.7. The van der Waals surface area contributed by atoms with Crippen molar-refractivity contribution in [2.45, 2.75) is 19.4 Å². The molecule has 222 valence electrons. The highest BCUT2D eigenvalue weighted by Gasteiger charge is 2.30. The monoisotopic (exact) mass is 604 g/mol. The van der Waals surface area contributed by atoms with Gasteiger partial charge >= 0.3 is 0 Å². The van der Waals surface area contributed by atoms with Crippen molar-refractivity contribution in [2.24, 2.45) is 4.99 Å². The molecule has 2 heterocycles. The number of phenols is 2. The molecule has 4 aromatic rings. The van der Waals surface area contributed by atoms with Crippen molar-refractivity contribution in [3.63, 3.8) is 0 Å². The Labute approximate surface area is 252 Å². The van der Waals surface area contributed by atoms with Crippen molar-refractivity contribution >= 4 is 29.1 Å². The minimum absolute atomic E-state index is 0.0823. The predicted octanol–water partition coefficient (Wildman–Crippen LogP) is 3.24. The molecular weight excluding hydrogens is 576 g/mol. The Balaban J connectivity index is 1.28. The Hall–Kier alpha value is -5.10. The van der Waals surface area contributed by atoms with Crippen molar-refractivity contribution in [3.05, 3.63) is 88.5 Å². The van der Waals surface area contributed by atoms with Gasteiger partial charge in [-0.25, -0.2) is 0 Å². The zero-order valence-corrected chi connectivity index (χ0v) is 24.1. The number of methoxy groups -OCH3 is 1. The van der Waals surface area contributed by atoms with E-state index < -0.39 is 17.9 Å². The minimum atomic E-state index is -0.705. The summed E-state index contributed by atoms with van der Waals surface area (Å²) < 4.78 is 12.8. The van der Waals surface area contributed by atoms with Gasteiger partial charge in [-0.15, -0.1) is 10.2 Å². The molecule has 2 amide bonds. The van der Waals surface area contributed by atoms with Crippen LogP contribution in [0.2, 0.25) is 5.02 Å². The van der Waals surface area contributed by atoms with Crippen LogP contribution in [0.1, 0.15) is 35.2 Å². The number of aromatic nitrogens is 3. The molecule has 5 rings (SSSR count). The van der Waals surface area contributed by atoms with Crippen LogP contribution in [0.5, 0.6) is 23.0 Å². The Kier molecular flexibility index (Phi) is 8.77. The molecule has 1 aromatic heterocycles. The molecule has 13 heteroatoms. The number of ether oxygens (including phenoxy) is 2. The smallest absolute Gasteiger partial charge is 0.239 e. The van der Waals surface area contributed by atoms with E-state index in [1.807, 2.05) is 41.8 Å². The third-order valence-electron chi connectivity index (χ3n) is 6.71. The number of fused-ring (bicyclic) bond motifs is 3. The van der Waals surface area contributed by atoms with E-state index in [1.54, 1.807) is 19.2 Å². The lowest BCUT2D eigenvalue weighted by atomic mass is 10.00. The number of benzene rings is 3. The largest absolute Gasteiger partial charge is 0.504 e. The molecule has 4 N–H and O–H groups in total. The van der Waals surface area contributed by atoms with Gasteiger partial charge in [-0.2, -0.15) is 0 Å². The van der Waals surface area contributed by atoms with E-state index in [9.17, 15) is 19.8 Å². The third-order valence-corrected chi connectivity index (χ3v) is 6.97. The van der Waals surface area contributed by atoms with Gasteiger partial charge in [-0.3, -0.25) is 19.1 Å². The summed E-state index contributed by atoms with van der Waals surface area (Å²) in [6.07, 6.45) is -0.0823. The zero-order valence-electron chi connectivity index (χ0n) is 23.4. The van der Waals surface area contributed by atoms with Gasteiger partial charge in [0, 0.05) is 22.2 Å². The number of rotatable bonds is 10. The Morgan fingerprint density at radius 1 is 0.953 bits per heavy atom. The van der Waals surface area contributed by atoms with E-state index in [2.05, 4.69) is 20.8 Å². The van der Waals surface area contributed by atoms with E-state index in [-0.39, 0.29) is 37.6 Å². The number of nitrogens with zero attached hydrogens (tertiary/aromatic N) is 4. The molecule has 1 aliphatic heterocycles. The molecule has 3 aromatic carbocycles. The van der Waals surface area contributed by atoms with Crippen molar-refractivity contribution < 1.29 is 29.3 Å². The summed E-state index contributed by atoms with van der Waals surface area (Å²) in [7, 11) is 1.59. The second-order valence-corrected chi connectivity index (χ2v) is 10.1. The summed E-state index contributed by atoms with van der Waals surface area (Å²) in [5, 5.41) is 33.4. The van der Waals surface area contributed by atoms with Gasteiger partial charge in [-0.1, -0.05) is 23.7 Å². The Morgan fingerprint density at radius 3 is 2.47 bits per heavy atom. The molecule has 0 saturated heterocycles. The lowest BCUT2D eigenvalue weighted by Crippen LogP contribution is -2.38. The molecule has 0 aliphatic carbocycles. The maximum Gasteiger partial charge on any atom is 0.239 e. The number of aromatic hydroxyl groups is 2. The molecule has 1 unspecified atom stereocenters. The molecule has 0 radical (unpaired) electrons. The van der Waals surface area contributed by atoms with Gasteiger partial charge in [0.15, 0.2) is 17.3 Å². The van der Waals surface area contributed by atoms with Crippen LogP contribution >= 0.6 is 11.6 Å². The topological polar surface area (TPSA) is 160 Å². The average molecular weight is 605 g/mol. The van der Waals surface area contributed by atoms with E-state index in [4.69, 9.17) is 26.1 Å². The van der Waals surface area contributed by atoms with Gasteiger partial charge in [0.05, 0.1) is 38.0 Å². The van der Waals surface area contributed by atoms with Crippen LogP contribution in [0.25, 0.3) is 5.69 Å². The van der Waals surface area contributed by atoms with E-state index >= 15 is 0 Å². The summed E-state index contributed by atoms with van der Waals surface area (Å²) in [5.74, 6) is 0.728. The van der Waals surface area contributed by atoms with Crippen LogP contribution in [0, 0.1) is 6.92 Å². The fourth-order valence-corrected chi connectivity index (χ4v) is 4.74. The maximum atomic E-state index is 13.1. The van der Waals surface area contributed by atoms with E-state index in [0.717, 1.165) is 16.8 Å². The second kappa shape index (κ2) is 12.8. The zero-order chi connectivity index (χ0) is 30.5. The molecule has 0 bridgehead atoms. The van der Waals surface area contributed by atoms with Gasteiger partial charge in [0.25, 0.3) is 0 Å². The second-order valence-electron chi connectivity index (χ2n) is 9.65. The van der Waals surface area contributed by atoms with Gasteiger partial charge < -0.3 is 30.3 Å². The fourth-order valence-electron chi connectivity index (χ4n) is 4.62. The third kappa shape index (κ3) is 6.70. The van der Waals surface area contributed by atoms with Crippen LogP contribution in [-0.4, -0.2) is 69.3 Å². The van der Waals surface area contributed by atoms with Gasteiger partial charge in [-0.05, 0) is 49.4 Å². The first-order valence-electron chi connectivity index (χ1n) is 13.4. The fraction of sp³-hybridized carbons (Fsp3) is 0.233. The van der Waals surface area contributed by atoms with Crippen molar-refractivity contribution in [1.29, 1.82) is 0 Å². The lowest BCUT2D eigenvalue weighted by molar-refractivity contribution is -0.126. The lowest BCUT2D eigenvalue weighted by Gasteiger charge is -2.14. The number of aryl methyl sites for hydroxylation is 1. The molecular formula is C30H29ClN6O6. The van der Waals surface area contributed by atoms with Crippen LogP contribution in [-0.2, 0) is 9.59 Å². The Morgan fingerprint density at radius 2 is 1.72 bits per heavy atom. The number of aliphatic imine (C=N–C) groups is 1. The van der Waals surface area contributed by atoms with Crippen molar-refractivity contribution in [1.82, 2.24) is 25.4 Å². The predicted molar refractivity (Wildman–Crippen MR) is 158 cm³/mol. The summed E-state index contributed by atoms with van der Waals surface area (Å²) in [4.78, 5) is 30.4. The quantitative estimate of drug-likeness (QED) is 0.158. The van der Waals surface area contributed by atoms with Crippen LogP contribution < -0.4 is 20.1 Å². The highest BCUT2D eigenvalue weighted by molar-refractivity contribution is 6.30. The van der Waals surface area contributed by atoms with Crippen molar-refractivity contribution in [3.8, 4) is 28.7 Å². The first-order chi connectivity index (χ1) is 20.7. The van der Waals surface area contributed by atoms with Gasteiger partial charge in [0.1, 0.15) is 30.0 Å². The Bertz CT molecular complexity index is 1690. The number of phenolic OH excluding ortho intramolecular Hbond substituents is 2. The standard InChI is InChI=1S/C30H29ClN6O6/c1-17-35-36-30-23(15-27(40)33-16-28(41)32-11-12-43-21-8-10-25(38)26(39)14-21)34-29(18-3-5-19(31)6-4-18)22-13-20(42-2)7-9-24(22)37(17)30/h3-10,13-14,23,38-39H,11-12,15-16H2,1-2H3,(H,32,41)(H,33,40). The summed E-state index contributed by atoms with van der Waals surface area (Å²) >= 11 is 6.15. The summed E-state index contributed by atoms with van der Waals surface area (Å²) in [6.45, 7) is 1.86. The molecule has 0 spiro atoms. The number of amides is 2. The number of hydrogen-bond donors (Lipinski definition) is 4. The number of nitrogens with one attached hydrogen (secondary N) is 2. The van der Waals surface area contributed by atoms with Crippen LogP contribution in [0.15, 0.2) is 65.7 Å². The number of hydrogen-bond acceptors (Lipinski definition) is 9. The number of carbonyl (C=O) groups is 2. The SMILES string of the molecule is COc1ccc2c(c1)C(c1ccc(Cl)cc1)=NC(CC(=O)NCC(=O)NCCOc1ccc(O)c(O)c1)c1nnc(C)n1-2. The van der Waals surface area contributed by atoms with Crippen LogP contribution in [0.4, 0.5) is 0 Å². The normalized spacial score (nSPS) is 13.7. The molecule has 0 saturated carbocycles. The summed E-state index contributed by atoms with van der Waals surface area (Å²) in [6, 6.07) is 16.2.